The van der Waals surface area contributed by atoms with Crippen LogP contribution in [0.25, 0.3) is 0 Å². The Kier molecular flexibility index (Phi) is 9.21. The molecule has 1 aliphatic carbocycles. The predicted octanol–water partition coefficient (Wildman–Crippen LogP) is 9.19. The summed E-state index contributed by atoms with van der Waals surface area (Å²) in [5, 5.41) is 8.94. The number of carbonyl (C=O) groups is 3. The Balaban J connectivity index is 1.45. The summed E-state index contributed by atoms with van der Waals surface area (Å²) in [5.74, 6) is -2.10. The average Bonchev–Trinajstić information content (AvgIpc) is 3.42. The van der Waals surface area contributed by atoms with E-state index in [0.717, 1.165) is 10.0 Å². The number of carbonyl (C=O) groups excluding carboxylic acids is 3. The maximum absolute atomic E-state index is 13.1. The molecule has 3 N–H and O–H groups in total. The van der Waals surface area contributed by atoms with Gasteiger partial charge in [0.05, 0.1) is 16.5 Å². The molecule has 7 nitrogen and oxygen atoms in total. The Labute approximate surface area is 266 Å². The number of anilines is 3. The van der Waals surface area contributed by atoms with Gasteiger partial charge < -0.3 is 15.4 Å². The number of rotatable bonds is 6. The summed E-state index contributed by atoms with van der Waals surface area (Å²) in [6.07, 6.45) is -0.585. The molecule has 1 aliphatic rings. The van der Waals surface area contributed by atoms with Gasteiger partial charge in [0.25, 0.3) is 5.91 Å². The minimum Gasteiger partial charge on any atom is -0.444 e. The molecule has 0 aliphatic heterocycles. The number of nitrogens with one attached hydrogen (secondary N) is 3. The van der Waals surface area contributed by atoms with Crippen LogP contribution < -0.4 is 16.0 Å². The van der Waals surface area contributed by atoms with Gasteiger partial charge in [-0.25, -0.2) is 4.79 Å². The van der Waals surface area contributed by atoms with Crippen LogP contribution in [-0.2, 0) is 9.53 Å². The summed E-state index contributed by atoms with van der Waals surface area (Å²) in [4.78, 5) is 38.3. The highest BCUT2D eigenvalue weighted by atomic mass is 79.9. The monoisotopic (exact) mass is 699 g/mol. The first-order valence-corrected chi connectivity index (χ1v) is 14.7. The SMILES string of the molecule is Cc1cc(NC(=O)OC(C)(C)C)ccc1NC(=O)c1cc(NC(=O)[C@H]2[C@H](c3cc(Cl)cc(Br)c3)C2(Cl)Cl)ccc1Cl. The van der Waals surface area contributed by atoms with Crippen LogP contribution in [0.15, 0.2) is 59.1 Å². The van der Waals surface area contributed by atoms with Crippen molar-refractivity contribution in [3.8, 4) is 0 Å². The van der Waals surface area contributed by atoms with Gasteiger partial charge in [0, 0.05) is 32.5 Å². The van der Waals surface area contributed by atoms with E-state index in [0.29, 0.717) is 27.6 Å². The molecule has 0 unspecified atom stereocenters. The Hall–Kier alpha value is -2.49. The fraction of sp³-hybridized carbons (Fsp3) is 0.276. The highest BCUT2D eigenvalue weighted by molar-refractivity contribution is 9.10. The van der Waals surface area contributed by atoms with E-state index in [2.05, 4.69) is 31.9 Å². The summed E-state index contributed by atoms with van der Waals surface area (Å²) in [6, 6.07) is 14.8. The van der Waals surface area contributed by atoms with Crippen LogP contribution in [0.2, 0.25) is 10.0 Å². The van der Waals surface area contributed by atoms with Crippen molar-refractivity contribution in [2.75, 3.05) is 16.0 Å². The van der Waals surface area contributed by atoms with Crippen LogP contribution in [0.5, 0.6) is 0 Å². The van der Waals surface area contributed by atoms with Crippen LogP contribution in [0, 0.1) is 12.8 Å². The lowest BCUT2D eigenvalue weighted by Gasteiger charge is -2.20. The fourth-order valence-electron chi connectivity index (χ4n) is 4.31. The highest BCUT2D eigenvalue weighted by Crippen LogP contribution is 2.65. The Morgan fingerprint density at radius 1 is 0.902 bits per heavy atom. The zero-order chi connectivity index (χ0) is 30.3. The zero-order valence-corrected chi connectivity index (χ0v) is 27.0. The van der Waals surface area contributed by atoms with Crippen molar-refractivity contribution in [2.45, 2.75) is 43.5 Å². The molecule has 2 atom stereocenters. The first kappa shape index (κ1) is 31.4. The second-order valence-electron chi connectivity index (χ2n) is 10.6. The molecule has 3 aromatic rings. The molecule has 3 aromatic carbocycles. The summed E-state index contributed by atoms with van der Waals surface area (Å²) in [5.41, 5.74) is 2.31. The lowest BCUT2D eigenvalue weighted by Crippen LogP contribution is -2.27. The molecule has 0 bridgehead atoms. The van der Waals surface area contributed by atoms with Crippen LogP contribution >= 0.6 is 62.3 Å². The molecule has 1 saturated carbocycles. The second-order valence-corrected chi connectivity index (χ2v) is 13.8. The van der Waals surface area contributed by atoms with Gasteiger partial charge in [-0.1, -0.05) is 39.1 Å². The molecule has 0 saturated heterocycles. The molecule has 0 radical (unpaired) electrons. The van der Waals surface area contributed by atoms with Gasteiger partial charge in [0.2, 0.25) is 5.91 Å². The average molecular weight is 702 g/mol. The van der Waals surface area contributed by atoms with E-state index in [1.807, 2.05) is 6.07 Å². The summed E-state index contributed by atoms with van der Waals surface area (Å²) >= 11 is 28.8. The maximum Gasteiger partial charge on any atom is 0.412 e. The number of hydrogen-bond acceptors (Lipinski definition) is 4. The third kappa shape index (κ3) is 7.67. The summed E-state index contributed by atoms with van der Waals surface area (Å²) in [7, 11) is 0. The van der Waals surface area contributed by atoms with Gasteiger partial charge in [-0.3, -0.25) is 14.9 Å². The number of hydrogen-bond donors (Lipinski definition) is 3. The molecule has 4 rings (SSSR count). The normalized spacial score (nSPS) is 17.4. The van der Waals surface area contributed by atoms with Crippen molar-refractivity contribution >= 4 is 97.3 Å². The lowest BCUT2D eigenvalue weighted by atomic mass is 10.1. The van der Waals surface area contributed by atoms with E-state index in [1.54, 1.807) is 64.1 Å². The van der Waals surface area contributed by atoms with Gasteiger partial charge >= 0.3 is 6.09 Å². The van der Waals surface area contributed by atoms with Gasteiger partial charge in [-0.2, -0.15) is 0 Å². The van der Waals surface area contributed by atoms with Crippen molar-refractivity contribution in [3.05, 3.63) is 85.8 Å². The van der Waals surface area contributed by atoms with Crippen LogP contribution in [-0.4, -0.2) is 27.8 Å². The molecule has 12 heteroatoms. The highest BCUT2D eigenvalue weighted by Gasteiger charge is 2.67. The van der Waals surface area contributed by atoms with Gasteiger partial charge in [0.1, 0.15) is 9.93 Å². The third-order valence-corrected chi connectivity index (χ3v) is 8.12. The first-order valence-electron chi connectivity index (χ1n) is 12.4. The molecule has 0 spiro atoms. The number of alkyl halides is 2. The standard InChI is InChI=1S/C29H26BrCl4N3O4/c1-14-9-18(36-27(40)41-28(2,3)4)6-8-22(14)37-25(38)20-13-19(5-7-21(20)32)35-26(39)24-23(29(24,33)34)15-10-16(30)12-17(31)11-15/h5-13,23-24H,1-4H3,(H,35,39)(H,36,40)(H,37,38)/t23-,24+/m0/s1. The molecule has 0 aromatic heterocycles. The predicted molar refractivity (Wildman–Crippen MR) is 169 cm³/mol. The van der Waals surface area contributed by atoms with E-state index < -0.39 is 39.7 Å². The maximum atomic E-state index is 13.1. The van der Waals surface area contributed by atoms with Crippen LogP contribution in [0.4, 0.5) is 21.9 Å². The topological polar surface area (TPSA) is 96.5 Å². The second kappa shape index (κ2) is 12.0. The van der Waals surface area contributed by atoms with Crippen molar-refractivity contribution in [1.29, 1.82) is 0 Å². The van der Waals surface area contributed by atoms with E-state index in [9.17, 15) is 14.4 Å². The van der Waals surface area contributed by atoms with Crippen LogP contribution in [0.3, 0.4) is 0 Å². The number of ether oxygens (including phenoxy) is 1. The number of halogens is 5. The minimum absolute atomic E-state index is 0.147. The third-order valence-electron chi connectivity index (χ3n) is 6.18. The van der Waals surface area contributed by atoms with Crippen molar-refractivity contribution in [3.63, 3.8) is 0 Å². The molecular weight excluding hydrogens is 676 g/mol. The summed E-state index contributed by atoms with van der Waals surface area (Å²) < 4.78 is 4.69. The van der Waals surface area contributed by atoms with Crippen LogP contribution in [0.1, 0.15) is 48.2 Å². The van der Waals surface area contributed by atoms with E-state index in [-0.39, 0.29) is 10.6 Å². The molecular formula is C29H26BrCl4N3O4. The summed E-state index contributed by atoms with van der Waals surface area (Å²) in [6.45, 7) is 7.10. The zero-order valence-electron chi connectivity index (χ0n) is 22.4. The Bertz CT molecular complexity index is 1520. The van der Waals surface area contributed by atoms with E-state index in [1.165, 1.54) is 12.1 Å². The first-order chi connectivity index (χ1) is 19.0. The number of amides is 3. The quantitative estimate of drug-likeness (QED) is 0.223. The largest absolute Gasteiger partial charge is 0.444 e. The van der Waals surface area contributed by atoms with Crippen molar-refractivity contribution < 1.29 is 19.1 Å². The Morgan fingerprint density at radius 3 is 2.20 bits per heavy atom. The number of benzene rings is 3. The molecule has 0 heterocycles. The lowest BCUT2D eigenvalue weighted by molar-refractivity contribution is -0.117. The van der Waals surface area contributed by atoms with E-state index in [4.69, 9.17) is 51.1 Å². The number of aryl methyl sites for hydroxylation is 1. The molecule has 41 heavy (non-hydrogen) atoms. The molecule has 3 amide bonds. The molecule has 216 valence electrons. The van der Waals surface area contributed by atoms with Gasteiger partial charge in [-0.05, 0) is 93.4 Å². The smallest absolute Gasteiger partial charge is 0.412 e. The minimum atomic E-state index is -1.32. The van der Waals surface area contributed by atoms with Crippen molar-refractivity contribution in [1.82, 2.24) is 0 Å². The fourth-order valence-corrected chi connectivity index (χ4v) is 6.23. The van der Waals surface area contributed by atoms with Gasteiger partial charge in [0.15, 0.2) is 0 Å². The molecule has 1 fully saturated rings. The Morgan fingerprint density at radius 2 is 1.56 bits per heavy atom. The van der Waals surface area contributed by atoms with Crippen molar-refractivity contribution in [2.24, 2.45) is 5.92 Å². The van der Waals surface area contributed by atoms with Gasteiger partial charge in [-0.15, -0.1) is 23.2 Å². The van der Waals surface area contributed by atoms with E-state index >= 15 is 0 Å².